The Morgan fingerprint density at radius 3 is 2.60 bits per heavy atom. The van der Waals surface area contributed by atoms with Crippen LogP contribution in [-0.4, -0.2) is 38.9 Å². The first-order valence-electron chi connectivity index (χ1n) is 6.01. The standard InChI is InChI=1S/C12H18FN3O3S/c1-4-16(3)12(17)8(2)15-20(18,19)9-5-6-10(13)11(14)7-9/h5-8,15H,4,14H2,1-3H3. The van der Waals surface area contributed by atoms with Crippen molar-refractivity contribution in [3.8, 4) is 0 Å². The first kappa shape index (κ1) is 16.4. The van der Waals surface area contributed by atoms with Gasteiger partial charge in [0.25, 0.3) is 0 Å². The van der Waals surface area contributed by atoms with Gasteiger partial charge < -0.3 is 10.6 Å². The van der Waals surface area contributed by atoms with Crippen molar-refractivity contribution in [1.82, 2.24) is 9.62 Å². The zero-order valence-electron chi connectivity index (χ0n) is 11.6. The number of carbonyl (C=O) groups is 1. The van der Waals surface area contributed by atoms with E-state index in [2.05, 4.69) is 4.72 Å². The van der Waals surface area contributed by atoms with Crippen molar-refractivity contribution in [2.75, 3.05) is 19.3 Å². The summed E-state index contributed by atoms with van der Waals surface area (Å²) < 4.78 is 39.4. The summed E-state index contributed by atoms with van der Waals surface area (Å²) in [6, 6.07) is 2.15. The molecule has 0 heterocycles. The molecule has 0 bridgehead atoms. The molecule has 0 aliphatic rings. The number of nitrogens with zero attached hydrogens (tertiary/aromatic N) is 1. The Labute approximate surface area is 117 Å². The van der Waals surface area contributed by atoms with Crippen molar-refractivity contribution >= 4 is 21.6 Å². The predicted octanol–water partition coefficient (Wildman–Crippen LogP) is 0.553. The second-order valence-corrected chi connectivity index (χ2v) is 6.09. The summed E-state index contributed by atoms with van der Waals surface area (Å²) in [5.74, 6) is -1.05. The number of nitrogens with one attached hydrogen (secondary N) is 1. The number of carbonyl (C=O) groups excluding carboxylic acids is 1. The molecular weight excluding hydrogens is 285 g/mol. The minimum absolute atomic E-state index is 0.185. The van der Waals surface area contributed by atoms with E-state index in [9.17, 15) is 17.6 Å². The summed E-state index contributed by atoms with van der Waals surface area (Å²) in [6.07, 6.45) is 0. The second kappa shape index (κ2) is 6.19. The van der Waals surface area contributed by atoms with Crippen LogP contribution < -0.4 is 10.5 Å². The maximum Gasteiger partial charge on any atom is 0.241 e. The highest BCUT2D eigenvalue weighted by Gasteiger charge is 2.24. The first-order chi connectivity index (χ1) is 9.19. The third kappa shape index (κ3) is 3.67. The number of anilines is 1. The number of rotatable bonds is 5. The molecule has 0 spiro atoms. The third-order valence-corrected chi connectivity index (χ3v) is 4.37. The van der Waals surface area contributed by atoms with Crippen LogP contribution in [-0.2, 0) is 14.8 Å². The molecule has 8 heteroatoms. The molecule has 1 amide bonds. The first-order valence-corrected chi connectivity index (χ1v) is 7.49. The van der Waals surface area contributed by atoms with E-state index in [1.807, 2.05) is 0 Å². The SMILES string of the molecule is CCN(C)C(=O)C(C)NS(=O)(=O)c1ccc(F)c(N)c1. The number of sulfonamides is 1. The van der Waals surface area contributed by atoms with E-state index in [1.165, 1.54) is 11.8 Å². The summed E-state index contributed by atoms with van der Waals surface area (Å²) in [5.41, 5.74) is 5.07. The molecule has 1 unspecified atom stereocenters. The Hall–Kier alpha value is -1.67. The number of nitrogens with two attached hydrogens (primary N) is 1. The van der Waals surface area contributed by atoms with Crippen LogP contribution in [0.4, 0.5) is 10.1 Å². The summed E-state index contributed by atoms with van der Waals surface area (Å²) >= 11 is 0. The quantitative estimate of drug-likeness (QED) is 0.777. The van der Waals surface area contributed by atoms with Gasteiger partial charge in [-0.1, -0.05) is 0 Å². The molecule has 3 N–H and O–H groups in total. The van der Waals surface area contributed by atoms with Crippen LogP contribution in [0.5, 0.6) is 0 Å². The van der Waals surface area contributed by atoms with Crippen LogP contribution in [0.25, 0.3) is 0 Å². The molecule has 0 saturated carbocycles. The molecule has 1 aromatic carbocycles. The molecule has 1 atom stereocenters. The molecule has 20 heavy (non-hydrogen) atoms. The Bertz CT molecular complexity index is 604. The Morgan fingerprint density at radius 2 is 2.10 bits per heavy atom. The van der Waals surface area contributed by atoms with E-state index in [0.29, 0.717) is 6.54 Å². The lowest BCUT2D eigenvalue weighted by Crippen LogP contribution is -2.45. The van der Waals surface area contributed by atoms with Gasteiger partial charge in [-0.05, 0) is 32.0 Å². The fourth-order valence-electron chi connectivity index (χ4n) is 1.53. The summed E-state index contributed by atoms with van der Waals surface area (Å²) in [7, 11) is -2.36. The van der Waals surface area contributed by atoms with Gasteiger partial charge in [-0.25, -0.2) is 12.8 Å². The number of halogens is 1. The lowest BCUT2D eigenvalue weighted by Gasteiger charge is -2.20. The predicted molar refractivity (Wildman–Crippen MR) is 73.9 cm³/mol. The maximum absolute atomic E-state index is 13.0. The van der Waals surface area contributed by atoms with Crippen LogP contribution in [0.15, 0.2) is 23.1 Å². The van der Waals surface area contributed by atoms with Gasteiger partial charge in [0.15, 0.2) is 0 Å². The highest BCUT2D eigenvalue weighted by molar-refractivity contribution is 7.89. The van der Waals surface area contributed by atoms with Gasteiger partial charge in [0.1, 0.15) is 5.82 Å². The summed E-state index contributed by atoms with van der Waals surface area (Å²) in [5, 5.41) is 0. The minimum Gasteiger partial charge on any atom is -0.396 e. The van der Waals surface area contributed by atoms with Crippen molar-refractivity contribution in [2.45, 2.75) is 24.8 Å². The molecule has 1 rings (SSSR count). The minimum atomic E-state index is -3.93. The van der Waals surface area contributed by atoms with E-state index in [1.54, 1.807) is 14.0 Å². The van der Waals surface area contributed by atoms with E-state index < -0.39 is 21.9 Å². The molecular formula is C12H18FN3O3S. The largest absolute Gasteiger partial charge is 0.396 e. The number of hydrogen-bond acceptors (Lipinski definition) is 4. The molecule has 0 radical (unpaired) electrons. The van der Waals surface area contributed by atoms with E-state index in [-0.39, 0.29) is 16.5 Å². The molecule has 0 saturated heterocycles. The molecule has 1 aromatic rings. The zero-order chi connectivity index (χ0) is 15.5. The molecule has 0 aliphatic carbocycles. The number of hydrogen-bond donors (Lipinski definition) is 2. The van der Waals surface area contributed by atoms with Crippen molar-refractivity contribution < 1.29 is 17.6 Å². The number of amides is 1. The molecule has 0 fully saturated rings. The normalized spacial score (nSPS) is 13.0. The van der Waals surface area contributed by atoms with Gasteiger partial charge in [-0.15, -0.1) is 0 Å². The van der Waals surface area contributed by atoms with Gasteiger partial charge in [-0.3, -0.25) is 4.79 Å². The average Bonchev–Trinajstić information content (AvgIpc) is 2.39. The van der Waals surface area contributed by atoms with Crippen molar-refractivity contribution in [1.29, 1.82) is 0 Å². The molecule has 0 aliphatic heterocycles. The third-order valence-electron chi connectivity index (χ3n) is 2.83. The molecule has 112 valence electrons. The van der Waals surface area contributed by atoms with Crippen LogP contribution in [0.3, 0.4) is 0 Å². The average molecular weight is 303 g/mol. The Balaban J connectivity index is 2.95. The fourth-order valence-corrected chi connectivity index (χ4v) is 2.76. The number of benzene rings is 1. The second-order valence-electron chi connectivity index (χ2n) is 4.38. The Kier molecular flexibility index (Phi) is 5.07. The highest BCUT2D eigenvalue weighted by atomic mass is 32.2. The van der Waals surface area contributed by atoms with Crippen LogP contribution >= 0.6 is 0 Å². The summed E-state index contributed by atoms with van der Waals surface area (Å²) in [4.78, 5) is 13.0. The van der Waals surface area contributed by atoms with Crippen molar-refractivity contribution in [3.63, 3.8) is 0 Å². The van der Waals surface area contributed by atoms with Crippen molar-refractivity contribution in [2.24, 2.45) is 0 Å². The summed E-state index contributed by atoms with van der Waals surface area (Å²) in [6.45, 7) is 3.69. The topological polar surface area (TPSA) is 92.5 Å². The van der Waals surface area contributed by atoms with Crippen molar-refractivity contribution in [3.05, 3.63) is 24.0 Å². The van der Waals surface area contributed by atoms with Gasteiger partial charge in [0, 0.05) is 13.6 Å². The smallest absolute Gasteiger partial charge is 0.241 e. The van der Waals surface area contributed by atoms with Gasteiger partial charge in [0.2, 0.25) is 15.9 Å². The Morgan fingerprint density at radius 1 is 1.50 bits per heavy atom. The number of likely N-dealkylation sites (N-methyl/N-ethyl adjacent to an activating group) is 1. The van der Waals surface area contributed by atoms with Crippen LogP contribution in [0.2, 0.25) is 0 Å². The van der Waals surface area contributed by atoms with Gasteiger partial charge >= 0.3 is 0 Å². The maximum atomic E-state index is 13.0. The van der Waals surface area contributed by atoms with E-state index >= 15 is 0 Å². The fraction of sp³-hybridized carbons (Fsp3) is 0.417. The highest BCUT2D eigenvalue weighted by Crippen LogP contribution is 2.16. The van der Waals surface area contributed by atoms with Crippen LogP contribution in [0, 0.1) is 5.82 Å². The van der Waals surface area contributed by atoms with Crippen LogP contribution in [0.1, 0.15) is 13.8 Å². The molecule has 0 aromatic heterocycles. The monoisotopic (exact) mass is 303 g/mol. The zero-order valence-corrected chi connectivity index (χ0v) is 12.4. The number of nitrogen functional groups attached to an aromatic ring is 1. The van der Waals surface area contributed by atoms with Gasteiger partial charge in [0.05, 0.1) is 16.6 Å². The lowest BCUT2D eigenvalue weighted by molar-refractivity contribution is -0.131. The van der Waals surface area contributed by atoms with E-state index in [4.69, 9.17) is 5.73 Å². The lowest BCUT2D eigenvalue weighted by atomic mass is 10.3. The van der Waals surface area contributed by atoms with Gasteiger partial charge in [-0.2, -0.15) is 4.72 Å². The van der Waals surface area contributed by atoms with E-state index in [0.717, 1.165) is 18.2 Å². The molecule has 6 nitrogen and oxygen atoms in total.